The summed E-state index contributed by atoms with van der Waals surface area (Å²) in [5.41, 5.74) is 1.78. The Hall–Kier alpha value is -1.60. The summed E-state index contributed by atoms with van der Waals surface area (Å²) in [6.07, 6.45) is 1.83. The molecule has 0 atom stereocenters. The number of methoxy groups -OCH3 is 1. The summed E-state index contributed by atoms with van der Waals surface area (Å²) in [4.78, 5) is 11.6. The van der Waals surface area contributed by atoms with Crippen molar-refractivity contribution in [1.82, 2.24) is 10.0 Å². The molecule has 6 nitrogen and oxygen atoms in total. The van der Waals surface area contributed by atoms with Gasteiger partial charge in [0.1, 0.15) is 10.6 Å². The van der Waals surface area contributed by atoms with Crippen molar-refractivity contribution in [3.05, 3.63) is 23.3 Å². The highest BCUT2D eigenvalue weighted by Gasteiger charge is 2.21. The summed E-state index contributed by atoms with van der Waals surface area (Å²) < 4.78 is 32.1. The standard InChI is InChI=1S/C15H24N2O4S/c1-5-6-7-16-15(18)10-17-22(19,20)14-9-12(3)11(2)8-13(14)21-4/h8-9,17H,5-7,10H2,1-4H3,(H,16,18). The van der Waals surface area contributed by atoms with Gasteiger partial charge in [0.25, 0.3) is 0 Å². The second kappa shape index (κ2) is 8.14. The first kappa shape index (κ1) is 18.4. The summed E-state index contributed by atoms with van der Waals surface area (Å²) in [5.74, 6) is -0.0817. The summed E-state index contributed by atoms with van der Waals surface area (Å²) in [7, 11) is -2.39. The van der Waals surface area contributed by atoms with Gasteiger partial charge in [0, 0.05) is 6.54 Å². The molecule has 1 aromatic carbocycles. The largest absolute Gasteiger partial charge is 0.495 e. The summed E-state index contributed by atoms with van der Waals surface area (Å²) in [6.45, 7) is 5.97. The minimum atomic E-state index is -3.80. The lowest BCUT2D eigenvalue weighted by molar-refractivity contribution is -0.119. The highest BCUT2D eigenvalue weighted by atomic mass is 32.2. The maximum absolute atomic E-state index is 12.3. The number of unbranched alkanes of at least 4 members (excludes halogenated alkanes) is 1. The molecule has 0 aliphatic rings. The highest BCUT2D eigenvalue weighted by Crippen LogP contribution is 2.26. The number of ether oxygens (including phenoxy) is 1. The van der Waals surface area contributed by atoms with Crippen molar-refractivity contribution >= 4 is 15.9 Å². The van der Waals surface area contributed by atoms with Gasteiger partial charge in [0.15, 0.2) is 0 Å². The molecule has 22 heavy (non-hydrogen) atoms. The van der Waals surface area contributed by atoms with Crippen LogP contribution in [0, 0.1) is 13.8 Å². The van der Waals surface area contributed by atoms with Crippen molar-refractivity contribution in [1.29, 1.82) is 0 Å². The Bertz CT molecular complexity index is 627. The number of rotatable bonds is 8. The Balaban J connectivity index is 2.83. The fraction of sp³-hybridized carbons (Fsp3) is 0.533. The number of carbonyl (C=O) groups excluding carboxylic acids is 1. The molecule has 7 heteroatoms. The molecule has 0 spiro atoms. The van der Waals surface area contributed by atoms with E-state index in [-0.39, 0.29) is 23.1 Å². The van der Waals surface area contributed by atoms with Gasteiger partial charge in [0.05, 0.1) is 13.7 Å². The van der Waals surface area contributed by atoms with Crippen LogP contribution in [-0.4, -0.2) is 34.5 Å². The second-order valence-corrected chi connectivity index (χ2v) is 6.85. The first-order valence-electron chi connectivity index (χ1n) is 7.23. The van der Waals surface area contributed by atoms with E-state index in [1.807, 2.05) is 20.8 Å². The van der Waals surface area contributed by atoms with Crippen LogP contribution in [0.5, 0.6) is 5.75 Å². The zero-order valence-electron chi connectivity index (χ0n) is 13.5. The number of benzene rings is 1. The van der Waals surface area contributed by atoms with E-state index in [1.54, 1.807) is 12.1 Å². The molecule has 0 saturated carbocycles. The van der Waals surface area contributed by atoms with Crippen LogP contribution in [0.25, 0.3) is 0 Å². The molecule has 0 aliphatic heterocycles. The van der Waals surface area contributed by atoms with E-state index in [9.17, 15) is 13.2 Å². The van der Waals surface area contributed by atoms with Crippen molar-refractivity contribution in [2.75, 3.05) is 20.2 Å². The van der Waals surface area contributed by atoms with Crippen LogP contribution in [0.1, 0.15) is 30.9 Å². The number of nitrogens with one attached hydrogen (secondary N) is 2. The normalized spacial score (nSPS) is 11.3. The number of aryl methyl sites for hydroxylation is 2. The Morgan fingerprint density at radius 1 is 1.23 bits per heavy atom. The van der Waals surface area contributed by atoms with Gasteiger partial charge < -0.3 is 10.1 Å². The number of sulfonamides is 1. The van der Waals surface area contributed by atoms with Gasteiger partial charge in [-0.1, -0.05) is 13.3 Å². The fourth-order valence-electron chi connectivity index (χ4n) is 1.84. The molecule has 0 saturated heterocycles. The van der Waals surface area contributed by atoms with Gasteiger partial charge in [-0.25, -0.2) is 13.1 Å². The van der Waals surface area contributed by atoms with Gasteiger partial charge in [-0.05, 0) is 43.5 Å². The third-order valence-corrected chi connectivity index (χ3v) is 4.77. The third-order valence-electron chi connectivity index (χ3n) is 3.34. The molecule has 0 unspecified atom stereocenters. The lowest BCUT2D eigenvalue weighted by Crippen LogP contribution is -2.37. The lowest BCUT2D eigenvalue weighted by atomic mass is 10.1. The Morgan fingerprint density at radius 3 is 2.45 bits per heavy atom. The molecule has 0 fully saturated rings. The maximum Gasteiger partial charge on any atom is 0.244 e. The number of amides is 1. The number of hydrogen-bond donors (Lipinski definition) is 2. The second-order valence-electron chi connectivity index (χ2n) is 5.12. The van der Waals surface area contributed by atoms with Crippen LogP contribution in [0.4, 0.5) is 0 Å². The van der Waals surface area contributed by atoms with Crippen molar-refractivity contribution in [3.63, 3.8) is 0 Å². The van der Waals surface area contributed by atoms with E-state index in [4.69, 9.17) is 4.74 Å². The fourth-order valence-corrected chi connectivity index (χ4v) is 3.05. The highest BCUT2D eigenvalue weighted by molar-refractivity contribution is 7.89. The SMILES string of the molecule is CCCCNC(=O)CNS(=O)(=O)c1cc(C)c(C)cc1OC. The zero-order chi connectivity index (χ0) is 16.8. The molecular weight excluding hydrogens is 304 g/mol. The number of carbonyl (C=O) groups is 1. The van der Waals surface area contributed by atoms with Crippen LogP contribution < -0.4 is 14.8 Å². The average Bonchev–Trinajstić information content (AvgIpc) is 2.47. The molecule has 1 amide bonds. The third kappa shape index (κ3) is 4.99. The van der Waals surface area contributed by atoms with Gasteiger partial charge in [-0.3, -0.25) is 4.79 Å². The van der Waals surface area contributed by atoms with Crippen LogP contribution in [0.15, 0.2) is 17.0 Å². The van der Waals surface area contributed by atoms with Crippen molar-refractivity contribution in [3.8, 4) is 5.75 Å². The van der Waals surface area contributed by atoms with E-state index in [1.165, 1.54) is 7.11 Å². The predicted octanol–water partition coefficient (Wildman–Crippen LogP) is 1.51. The van der Waals surface area contributed by atoms with Crippen LogP contribution in [-0.2, 0) is 14.8 Å². The van der Waals surface area contributed by atoms with Crippen molar-refractivity contribution < 1.29 is 17.9 Å². The molecule has 0 aliphatic carbocycles. The lowest BCUT2D eigenvalue weighted by Gasteiger charge is -2.13. The average molecular weight is 328 g/mol. The number of hydrogen-bond acceptors (Lipinski definition) is 4. The summed E-state index contributed by atoms with van der Waals surface area (Å²) in [6, 6.07) is 3.22. The molecule has 1 rings (SSSR count). The molecule has 124 valence electrons. The van der Waals surface area contributed by atoms with E-state index in [0.29, 0.717) is 6.54 Å². The van der Waals surface area contributed by atoms with Crippen LogP contribution in [0.2, 0.25) is 0 Å². The van der Waals surface area contributed by atoms with Gasteiger partial charge in [0.2, 0.25) is 15.9 Å². The Kier molecular flexibility index (Phi) is 6.83. The topological polar surface area (TPSA) is 84.5 Å². The predicted molar refractivity (Wildman–Crippen MR) is 85.6 cm³/mol. The quantitative estimate of drug-likeness (QED) is 0.708. The zero-order valence-corrected chi connectivity index (χ0v) is 14.3. The first-order chi connectivity index (χ1) is 10.3. The first-order valence-corrected chi connectivity index (χ1v) is 8.71. The van der Waals surface area contributed by atoms with Crippen LogP contribution in [0.3, 0.4) is 0 Å². The monoisotopic (exact) mass is 328 g/mol. The van der Waals surface area contributed by atoms with E-state index in [2.05, 4.69) is 10.0 Å². The van der Waals surface area contributed by atoms with Crippen molar-refractivity contribution in [2.45, 2.75) is 38.5 Å². The molecule has 0 bridgehead atoms. The smallest absolute Gasteiger partial charge is 0.244 e. The molecule has 1 aromatic rings. The molecule has 2 N–H and O–H groups in total. The Labute approximate surface area is 132 Å². The van der Waals surface area contributed by atoms with Gasteiger partial charge in [-0.2, -0.15) is 0 Å². The summed E-state index contributed by atoms with van der Waals surface area (Å²) in [5, 5.41) is 2.66. The van der Waals surface area contributed by atoms with E-state index >= 15 is 0 Å². The van der Waals surface area contributed by atoms with Crippen molar-refractivity contribution in [2.24, 2.45) is 0 Å². The molecule has 0 heterocycles. The Morgan fingerprint density at radius 2 is 1.86 bits per heavy atom. The minimum Gasteiger partial charge on any atom is -0.495 e. The minimum absolute atomic E-state index is 0.0412. The summed E-state index contributed by atoms with van der Waals surface area (Å²) >= 11 is 0. The maximum atomic E-state index is 12.3. The van der Waals surface area contributed by atoms with E-state index in [0.717, 1.165) is 24.0 Å². The molecular formula is C15H24N2O4S. The molecule has 0 aromatic heterocycles. The van der Waals surface area contributed by atoms with Crippen LogP contribution >= 0.6 is 0 Å². The van der Waals surface area contributed by atoms with E-state index < -0.39 is 10.0 Å². The van der Waals surface area contributed by atoms with Gasteiger partial charge >= 0.3 is 0 Å². The molecule has 0 radical (unpaired) electrons. The van der Waals surface area contributed by atoms with Gasteiger partial charge in [-0.15, -0.1) is 0 Å².